The number of aryl methyl sites for hydroxylation is 4. The maximum atomic E-state index is 11.1. The summed E-state index contributed by atoms with van der Waals surface area (Å²) in [6.45, 7) is 9.38. The SMILES string of the molecule is CO[C](=[W])C1=CCCC(C(C)=O)=C1.CO[C](=[W])C1=CCCC(c2nc(-c3c(C)c(C)nn3C)no2)=C1.Cc1nn(C)c(/C(N)=N/O)c1C. The largest absolute Gasteiger partial charge is 0.409 e. The molecule has 0 fully saturated rings. The Morgan fingerprint density at radius 2 is 1.50 bits per heavy atom. The van der Waals surface area contributed by atoms with Gasteiger partial charge in [-0.25, -0.2) is 0 Å². The van der Waals surface area contributed by atoms with E-state index in [2.05, 4.69) is 43.7 Å². The van der Waals surface area contributed by atoms with Crippen molar-refractivity contribution in [2.45, 2.75) is 60.3 Å². The normalized spacial score (nSPS) is 14.4. The number of oxime groups is 1. The number of ketones is 1. The van der Waals surface area contributed by atoms with Crippen molar-refractivity contribution < 1.29 is 62.7 Å². The van der Waals surface area contributed by atoms with Gasteiger partial charge >= 0.3 is 234 Å². The fourth-order valence-corrected chi connectivity index (χ4v) is 6.09. The number of ether oxygens (including phenoxy) is 2. The molecule has 256 valence electrons. The van der Waals surface area contributed by atoms with Crippen LogP contribution in [0.25, 0.3) is 17.1 Å². The van der Waals surface area contributed by atoms with Crippen molar-refractivity contribution in [1.82, 2.24) is 29.7 Å². The molecule has 2 aliphatic rings. The summed E-state index contributed by atoms with van der Waals surface area (Å²) in [5.41, 5.74) is 15.0. The van der Waals surface area contributed by atoms with Crippen LogP contribution in [0.5, 0.6) is 0 Å². The van der Waals surface area contributed by atoms with E-state index in [0.717, 1.165) is 84.4 Å². The van der Waals surface area contributed by atoms with E-state index in [9.17, 15) is 4.79 Å². The number of Topliss-reactive ketones (excluding diaryl/α,β-unsaturated/α-hetero) is 1. The summed E-state index contributed by atoms with van der Waals surface area (Å²) < 4.78 is 21.3. The summed E-state index contributed by atoms with van der Waals surface area (Å²) in [4.78, 5) is 15.7. The zero-order valence-electron chi connectivity index (χ0n) is 28.7. The van der Waals surface area contributed by atoms with Gasteiger partial charge in [0.25, 0.3) is 0 Å². The van der Waals surface area contributed by atoms with Gasteiger partial charge in [-0.3, -0.25) is 4.68 Å². The Kier molecular flexibility index (Phi) is 14.4. The minimum Gasteiger partial charge on any atom is -0.409 e. The Labute approximate surface area is 302 Å². The van der Waals surface area contributed by atoms with Gasteiger partial charge < -0.3 is 10.9 Å². The molecule has 0 amide bonds. The minimum absolute atomic E-state index is 0.0931. The standard InChI is InChI=1S/C16H18N4O2.C10H12O2.C7H12N4O.2W/c1-10-11(2)18-20(3)14(10)15-17-16(22-19-15)13-7-5-6-12(8-13)9-21-4;1-8(11)10-5-3-4-9(6-10)7-12-2;1-4-5(2)9-11(3)6(4)7(8)10-12;;/h6,8H,5,7H2,1-4H3;4,6H,3,5H2,1-2H3;12H,1-3H3,(H2,8,10);;. The van der Waals surface area contributed by atoms with Gasteiger partial charge in [-0.1, -0.05) is 5.16 Å². The molecule has 0 atom stereocenters. The topological polar surface area (TPSA) is 169 Å². The fourth-order valence-electron chi connectivity index (χ4n) is 5.07. The maximum absolute atomic E-state index is 11.1. The molecule has 0 aromatic carbocycles. The van der Waals surface area contributed by atoms with Crippen LogP contribution in [0.15, 0.2) is 50.7 Å². The average Bonchev–Trinajstić information content (AvgIpc) is 3.74. The number of nitrogens with zero attached hydrogens (tertiary/aromatic N) is 7. The van der Waals surface area contributed by atoms with Crippen LogP contribution in [0.1, 0.15) is 66.7 Å². The molecule has 3 N–H and O–H groups in total. The van der Waals surface area contributed by atoms with Gasteiger partial charge in [0.05, 0.1) is 5.69 Å². The molecule has 5 rings (SSSR count). The molecule has 13 nitrogen and oxygen atoms in total. The number of methoxy groups -OCH3 is 2. The quantitative estimate of drug-likeness (QED) is 0.145. The molecule has 2 aliphatic carbocycles. The van der Waals surface area contributed by atoms with E-state index in [4.69, 9.17) is 24.9 Å². The first-order valence-electron chi connectivity index (χ1n) is 15.1. The van der Waals surface area contributed by atoms with Gasteiger partial charge in [-0.05, 0) is 13.8 Å². The van der Waals surface area contributed by atoms with E-state index in [1.807, 2.05) is 40.8 Å². The minimum atomic E-state index is 0.0931. The third kappa shape index (κ3) is 9.56. The van der Waals surface area contributed by atoms with Gasteiger partial charge in [0.1, 0.15) is 5.69 Å². The Balaban J connectivity index is 0.000000213. The van der Waals surface area contributed by atoms with E-state index in [1.165, 1.54) is 38.7 Å². The van der Waals surface area contributed by atoms with Crippen LogP contribution in [0.2, 0.25) is 0 Å². The third-order valence-corrected chi connectivity index (χ3v) is 10.7. The first-order chi connectivity index (χ1) is 22.7. The number of allylic oxidation sites excluding steroid dienone is 4. The summed E-state index contributed by atoms with van der Waals surface area (Å²) in [6.07, 6.45) is 12.0. The fraction of sp³-hybridized carbons (Fsp3) is 0.394. The van der Waals surface area contributed by atoms with Crippen LogP contribution in [0.3, 0.4) is 0 Å². The molecule has 3 heterocycles. The number of amidine groups is 1. The molecule has 0 saturated carbocycles. The number of carbonyl (C=O) groups is 1. The second kappa shape index (κ2) is 17.8. The molecule has 48 heavy (non-hydrogen) atoms. The van der Waals surface area contributed by atoms with Gasteiger partial charge in [0, 0.05) is 12.6 Å². The third-order valence-electron chi connectivity index (χ3n) is 7.82. The molecule has 3 aromatic rings. The van der Waals surface area contributed by atoms with Crippen molar-refractivity contribution >= 4 is 25.4 Å². The molecule has 0 aliphatic heterocycles. The van der Waals surface area contributed by atoms with Crippen molar-refractivity contribution in [1.29, 1.82) is 0 Å². The van der Waals surface area contributed by atoms with Crippen molar-refractivity contribution in [3.8, 4) is 11.5 Å². The Hall–Kier alpha value is -3.50. The smallest absolute Gasteiger partial charge is 0.188 e. The predicted octanol–water partition coefficient (Wildman–Crippen LogP) is 4.19. The Bertz CT molecular complexity index is 1860. The summed E-state index contributed by atoms with van der Waals surface area (Å²) in [7, 11) is 7.02. The molecule has 0 saturated heterocycles. The van der Waals surface area contributed by atoms with E-state index in [0.29, 0.717) is 17.4 Å². The number of aromatic nitrogens is 6. The Morgan fingerprint density at radius 3 is 2.00 bits per heavy atom. The number of rotatable bonds is 8. The zero-order valence-corrected chi connectivity index (χ0v) is 34.6. The predicted molar refractivity (Wildman–Crippen MR) is 177 cm³/mol. The summed E-state index contributed by atoms with van der Waals surface area (Å²) in [5, 5.41) is 24.1. The van der Waals surface area contributed by atoms with Gasteiger partial charge in [-0.2, -0.15) is 5.10 Å². The van der Waals surface area contributed by atoms with Crippen LogP contribution >= 0.6 is 0 Å². The van der Waals surface area contributed by atoms with Crippen molar-refractivity contribution in [3.05, 3.63) is 75.1 Å². The molecule has 3 aromatic heterocycles. The van der Waals surface area contributed by atoms with Crippen molar-refractivity contribution in [2.75, 3.05) is 14.2 Å². The summed E-state index contributed by atoms with van der Waals surface area (Å²) in [5.74, 6) is 1.42. The molecule has 15 heteroatoms. The van der Waals surface area contributed by atoms with Crippen molar-refractivity contribution in [2.24, 2.45) is 25.0 Å². The van der Waals surface area contributed by atoms with Crippen LogP contribution < -0.4 is 5.73 Å². The van der Waals surface area contributed by atoms with Gasteiger partial charge in [0.2, 0.25) is 0 Å². The number of hydrogen-bond acceptors (Lipinski definition) is 10. The molecule has 0 radical (unpaired) electrons. The van der Waals surface area contributed by atoms with Gasteiger partial charge in [-0.15, -0.1) is 0 Å². The van der Waals surface area contributed by atoms with Crippen LogP contribution in [-0.4, -0.2) is 68.9 Å². The van der Waals surface area contributed by atoms with Crippen LogP contribution in [0, 0.1) is 27.7 Å². The second-order valence-electron chi connectivity index (χ2n) is 11.0. The maximum Gasteiger partial charge on any atom is 0.188 e. The zero-order chi connectivity index (χ0) is 35.7. The monoisotopic (exact) mass is 998 g/mol. The molecule has 0 unspecified atom stereocenters. The van der Waals surface area contributed by atoms with Gasteiger partial charge in [0.15, 0.2) is 5.84 Å². The first kappa shape index (κ1) is 38.9. The van der Waals surface area contributed by atoms with Crippen molar-refractivity contribution in [3.63, 3.8) is 0 Å². The summed E-state index contributed by atoms with van der Waals surface area (Å²) >= 11 is 2.60. The second-order valence-corrected chi connectivity index (χ2v) is 13.7. The number of carbonyl (C=O) groups excluding carboxylic acids is 1. The van der Waals surface area contributed by atoms with E-state index in [1.54, 1.807) is 37.6 Å². The summed E-state index contributed by atoms with van der Waals surface area (Å²) in [6, 6.07) is 0. The van der Waals surface area contributed by atoms with E-state index >= 15 is 0 Å². The number of nitrogens with two attached hydrogens (primary N) is 1. The molecule has 0 spiro atoms. The number of hydrogen-bond donors (Lipinski definition) is 2. The first-order valence-corrected chi connectivity index (χ1v) is 18.0. The molecular weight excluding hydrogens is 956 g/mol. The van der Waals surface area contributed by atoms with E-state index in [-0.39, 0.29) is 11.6 Å². The molecule has 0 bridgehead atoms. The average molecular weight is 998 g/mol. The molecular formula is C33H42N8O5W2. The van der Waals surface area contributed by atoms with Crippen LogP contribution in [0.4, 0.5) is 0 Å². The van der Waals surface area contributed by atoms with E-state index < -0.39 is 0 Å². The van der Waals surface area contributed by atoms with Crippen LogP contribution in [-0.2, 0) is 67.1 Å². The Morgan fingerprint density at radius 1 is 0.938 bits per heavy atom.